The molecule has 0 saturated heterocycles. The number of phenolic OH excluding ortho intramolecular Hbond substituents is 1. The molecule has 2 aromatic heterocycles. The molecule has 0 amide bonds. The number of aryl methyl sites for hydroxylation is 1. The lowest BCUT2D eigenvalue weighted by Crippen LogP contribution is -2.36. The molecular weight excluding hydrogens is 334 g/mol. The van der Waals surface area contributed by atoms with Crippen LogP contribution in [0.4, 0.5) is 5.82 Å². The van der Waals surface area contributed by atoms with E-state index in [0.29, 0.717) is 17.1 Å². The average molecular weight is 355 g/mol. The first-order chi connectivity index (χ1) is 12.1. The highest BCUT2D eigenvalue weighted by atomic mass is 32.1. The second kappa shape index (κ2) is 6.61. The summed E-state index contributed by atoms with van der Waals surface area (Å²) in [6, 6.07) is 7.77. The molecule has 1 saturated carbocycles. The predicted molar refractivity (Wildman–Crippen MR) is 101 cm³/mol. The molecule has 2 heterocycles. The highest BCUT2D eigenvalue weighted by Crippen LogP contribution is 2.38. The lowest BCUT2D eigenvalue weighted by atomic mass is 9.92. The van der Waals surface area contributed by atoms with E-state index < -0.39 is 0 Å². The van der Waals surface area contributed by atoms with Gasteiger partial charge in [-0.25, -0.2) is 0 Å². The van der Waals surface area contributed by atoms with Crippen LogP contribution in [-0.4, -0.2) is 32.6 Å². The molecular formula is C19H21N3O2S. The molecule has 0 aliphatic heterocycles. The van der Waals surface area contributed by atoms with Crippen molar-refractivity contribution < 1.29 is 10.2 Å². The number of nitrogens with one attached hydrogen (secondary N) is 1. The van der Waals surface area contributed by atoms with E-state index >= 15 is 0 Å². The van der Waals surface area contributed by atoms with E-state index in [1.54, 1.807) is 11.3 Å². The van der Waals surface area contributed by atoms with Crippen LogP contribution in [0.15, 0.2) is 29.6 Å². The summed E-state index contributed by atoms with van der Waals surface area (Å²) in [5, 5.41) is 35.4. The van der Waals surface area contributed by atoms with Crippen molar-refractivity contribution in [2.24, 2.45) is 0 Å². The van der Waals surface area contributed by atoms with Gasteiger partial charge in [-0.05, 0) is 55.0 Å². The molecule has 1 aliphatic rings. The second-order valence-corrected chi connectivity index (χ2v) is 7.61. The largest absolute Gasteiger partial charge is 0.507 e. The van der Waals surface area contributed by atoms with Crippen molar-refractivity contribution in [1.82, 2.24) is 10.2 Å². The van der Waals surface area contributed by atoms with Gasteiger partial charge in [0, 0.05) is 15.6 Å². The summed E-state index contributed by atoms with van der Waals surface area (Å²) in [6.07, 6.45) is 3.64. The highest BCUT2D eigenvalue weighted by molar-refractivity contribution is 7.17. The number of aliphatic hydroxyl groups is 1. The van der Waals surface area contributed by atoms with Crippen molar-refractivity contribution in [3.63, 3.8) is 0 Å². The van der Waals surface area contributed by atoms with Crippen LogP contribution in [0.5, 0.6) is 5.75 Å². The lowest BCUT2D eigenvalue weighted by Gasteiger charge is -2.28. The number of aromatic hydroxyl groups is 1. The molecule has 1 aromatic carbocycles. The van der Waals surface area contributed by atoms with Gasteiger partial charge in [-0.1, -0.05) is 12.8 Å². The molecule has 1 fully saturated rings. The molecule has 6 heteroatoms. The fraction of sp³-hybridized carbons (Fsp3) is 0.368. The number of hydrogen-bond acceptors (Lipinski definition) is 6. The third-order valence-electron chi connectivity index (χ3n) is 4.91. The Kier molecular flexibility index (Phi) is 4.31. The maximum atomic E-state index is 10.6. The molecule has 1 aliphatic carbocycles. The number of anilines is 1. The zero-order chi connectivity index (χ0) is 17.4. The molecule has 25 heavy (non-hydrogen) atoms. The van der Waals surface area contributed by atoms with E-state index in [9.17, 15) is 10.2 Å². The van der Waals surface area contributed by atoms with E-state index in [1.807, 2.05) is 36.6 Å². The van der Waals surface area contributed by atoms with E-state index in [2.05, 4.69) is 15.5 Å². The van der Waals surface area contributed by atoms with Gasteiger partial charge >= 0.3 is 0 Å². The molecule has 0 bridgehead atoms. The van der Waals surface area contributed by atoms with Gasteiger partial charge in [0.25, 0.3) is 0 Å². The first kappa shape index (κ1) is 16.3. The highest BCUT2D eigenvalue weighted by Gasteiger charge is 2.23. The molecule has 0 radical (unpaired) electrons. The fourth-order valence-electron chi connectivity index (χ4n) is 3.51. The third kappa shape index (κ3) is 3.07. The van der Waals surface area contributed by atoms with Crippen molar-refractivity contribution in [2.45, 2.75) is 44.8 Å². The van der Waals surface area contributed by atoms with Crippen LogP contribution < -0.4 is 5.32 Å². The van der Waals surface area contributed by atoms with Crippen LogP contribution in [0.2, 0.25) is 0 Å². The van der Waals surface area contributed by atoms with Crippen LogP contribution in [0, 0.1) is 6.92 Å². The first-order valence-corrected chi connectivity index (χ1v) is 9.50. The summed E-state index contributed by atoms with van der Waals surface area (Å²) in [5.41, 5.74) is 2.31. The van der Waals surface area contributed by atoms with Gasteiger partial charge in [-0.15, -0.1) is 21.5 Å². The summed E-state index contributed by atoms with van der Waals surface area (Å²) in [6.45, 7) is 1.96. The zero-order valence-electron chi connectivity index (χ0n) is 14.1. The molecule has 3 N–H and O–H groups in total. The van der Waals surface area contributed by atoms with Crippen molar-refractivity contribution >= 4 is 27.2 Å². The molecule has 0 spiro atoms. The first-order valence-electron chi connectivity index (χ1n) is 8.62. The van der Waals surface area contributed by atoms with Crippen molar-refractivity contribution in [2.75, 3.05) is 5.32 Å². The van der Waals surface area contributed by atoms with Crippen LogP contribution in [-0.2, 0) is 0 Å². The number of thiophene rings is 1. The third-order valence-corrected chi connectivity index (χ3v) is 5.79. The number of benzene rings is 1. The lowest BCUT2D eigenvalue weighted by molar-refractivity contribution is 0.116. The standard InChI is InChI=1S/C19H21N3O2S/c1-11-10-17(20-14-4-2-3-5-15(14)23)21-22-18(11)13-6-7-16-12(19(13)24)8-9-25-16/h6-10,14-15,23-24H,2-5H2,1H3,(H,20,21)/t14-,15+/m0/s1. The summed E-state index contributed by atoms with van der Waals surface area (Å²) < 4.78 is 1.05. The molecule has 5 nitrogen and oxygen atoms in total. The topological polar surface area (TPSA) is 78.3 Å². The minimum absolute atomic E-state index is 0.0314. The fourth-order valence-corrected chi connectivity index (χ4v) is 4.30. The predicted octanol–water partition coefficient (Wildman–Crippen LogP) is 4.09. The van der Waals surface area contributed by atoms with Crippen molar-refractivity contribution in [3.05, 3.63) is 35.2 Å². The Bertz CT molecular complexity index is 909. The van der Waals surface area contributed by atoms with Crippen LogP contribution in [0.3, 0.4) is 0 Å². The number of nitrogens with zero attached hydrogens (tertiary/aromatic N) is 2. The van der Waals surface area contributed by atoms with E-state index in [-0.39, 0.29) is 17.9 Å². The Morgan fingerprint density at radius 2 is 2.00 bits per heavy atom. The molecule has 4 rings (SSSR count). The molecule has 2 atom stereocenters. The molecule has 130 valence electrons. The Morgan fingerprint density at radius 1 is 1.16 bits per heavy atom. The molecule has 3 aromatic rings. The van der Waals surface area contributed by atoms with Gasteiger partial charge in [0.15, 0.2) is 0 Å². The maximum absolute atomic E-state index is 10.6. The zero-order valence-corrected chi connectivity index (χ0v) is 14.9. The summed E-state index contributed by atoms with van der Waals surface area (Å²) >= 11 is 1.60. The number of aromatic nitrogens is 2. The number of phenols is 1. The van der Waals surface area contributed by atoms with Crippen molar-refractivity contribution in [3.8, 4) is 17.0 Å². The minimum Gasteiger partial charge on any atom is -0.507 e. The normalized spacial score (nSPS) is 20.7. The second-order valence-electron chi connectivity index (χ2n) is 6.66. The number of rotatable bonds is 3. The Labute approximate surface area is 150 Å². The van der Waals surface area contributed by atoms with Gasteiger partial charge in [-0.3, -0.25) is 0 Å². The Morgan fingerprint density at radius 3 is 2.80 bits per heavy atom. The van der Waals surface area contributed by atoms with Gasteiger partial charge in [0.05, 0.1) is 17.8 Å². The smallest absolute Gasteiger partial charge is 0.149 e. The van der Waals surface area contributed by atoms with Crippen molar-refractivity contribution in [1.29, 1.82) is 0 Å². The summed E-state index contributed by atoms with van der Waals surface area (Å²) in [7, 11) is 0. The monoisotopic (exact) mass is 355 g/mol. The van der Waals surface area contributed by atoms with Gasteiger partial charge in [0.2, 0.25) is 0 Å². The maximum Gasteiger partial charge on any atom is 0.149 e. The van der Waals surface area contributed by atoms with Crippen LogP contribution >= 0.6 is 11.3 Å². The summed E-state index contributed by atoms with van der Waals surface area (Å²) in [5.74, 6) is 0.919. The summed E-state index contributed by atoms with van der Waals surface area (Å²) in [4.78, 5) is 0. The molecule has 0 unspecified atom stereocenters. The van der Waals surface area contributed by atoms with Gasteiger partial charge < -0.3 is 15.5 Å². The number of hydrogen-bond donors (Lipinski definition) is 3. The van der Waals surface area contributed by atoms with E-state index in [4.69, 9.17) is 0 Å². The number of aliphatic hydroxyl groups excluding tert-OH is 1. The van der Waals surface area contributed by atoms with E-state index in [1.165, 1.54) is 0 Å². The quantitative estimate of drug-likeness (QED) is 0.659. The number of fused-ring (bicyclic) bond motifs is 1. The van der Waals surface area contributed by atoms with Gasteiger partial charge in [0.1, 0.15) is 11.6 Å². The average Bonchev–Trinajstić information content (AvgIpc) is 3.08. The Balaban J connectivity index is 1.64. The SMILES string of the molecule is Cc1cc(N[C@H]2CCCC[C@H]2O)nnc1-c1ccc2sccc2c1O. The van der Waals surface area contributed by atoms with Gasteiger partial charge in [-0.2, -0.15) is 0 Å². The Hall–Kier alpha value is -2.18. The van der Waals surface area contributed by atoms with E-state index in [0.717, 1.165) is 41.3 Å². The van der Waals surface area contributed by atoms with Crippen LogP contribution in [0.25, 0.3) is 21.3 Å². The van der Waals surface area contributed by atoms with Crippen LogP contribution in [0.1, 0.15) is 31.2 Å². The minimum atomic E-state index is -0.333.